The summed E-state index contributed by atoms with van der Waals surface area (Å²) in [6.07, 6.45) is 0. The minimum absolute atomic E-state index is 0.334. The van der Waals surface area contributed by atoms with Crippen LogP contribution in [0.5, 0.6) is 0 Å². The largest absolute Gasteiger partial charge is 0.328 e. The molecule has 2 aliphatic rings. The molecule has 0 saturated heterocycles. The van der Waals surface area contributed by atoms with Crippen LogP contribution in [0.1, 0.15) is 33.4 Å². The van der Waals surface area contributed by atoms with E-state index in [1.807, 2.05) is 18.2 Å². The minimum atomic E-state index is -0.334. The molecule has 6 heterocycles. The molecule has 346 valence electrons. The molecule has 0 N–H and O–H groups in total. The Labute approximate surface area is 430 Å². The molecule has 0 aliphatic carbocycles. The van der Waals surface area contributed by atoms with Gasteiger partial charge in [-0.05, 0) is 103 Å². The van der Waals surface area contributed by atoms with Gasteiger partial charge >= 0.3 is 0 Å². The van der Waals surface area contributed by atoms with E-state index in [0.29, 0.717) is 33.9 Å². The summed E-state index contributed by atoms with van der Waals surface area (Å²) in [4.78, 5) is 19.8. The molecule has 0 saturated carbocycles. The molecule has 0 unspecified atom stereocenters. The van der Waals surface area contributed by atoms with Crippen LogP contribution in [0.4, 0.5) is 11.4 Å². The number of aromatic nitrogens is 6. The summed E-state index contributed by atoms with van der Waals surface area (Å²) in [5, 5.41) is 25.4. The molecule has 0 spiro atoms. The average molecular weight is 957 g/mol. The van der Waals surface area contributed by atoms with Gasteiger partial charge in [0.15, 0.2) is 11.4 Å². The van der Waals surface area contributed by atoms with Gasteiger partial charge < -0.3 is 9.13 Å². The highest BCUT2D eigenvalue weighted by molar-refractivity contribution is 7.00. The summed E-state index contributed by atoms with van der Waals surface area (Å²) in [7, 11) is 0. The van der Waals surface area contributed by atoms with Crippen LogP contribution in [-0.2, 0) is 0 Å². The van der Waals surface area contributed by atoms with Crippen molar-refractivity contribution < 1.29 is 0 Å². The SMILES string of the molecule is [C-]#[N+]c1cccc([N+]#[C-])c1-n1c2ccccc2c2cc3c4c(nc(-c5c(C)cccc5C)n4-c4cccc5c4B3c3cc4c6ccccc6n(-c6c(C#N)cccc6C#N)c4c4nc(-c6c(C)cccc6C)n-5c34)c21. The molecule has 13 aromatic rings. The fraction of sp³-hybridized carbons (Fsp3) is 0.0625. The maximum atomic E-state index is 10.7. The zero-order valence-corrected chi connectivity index (χ0v) is 41.0. The number of hydrogen-bond donors (Lipinski definition) is 0. The van der Waals surface area contributed by atoms with Crippen molar-refractivity contribution >= 4 is 100 Å². The lowest BCUT2D eigenvalue weighted by Crippen LogP contribution is -2.59. The van der Waals surface area contributed by atoms with Gasteiger partial charge in [-0.3, -0.25) is 9.13 Å². The first-order chi connectivity index (χ1) is 36.8. The van der Waals surface area contributed by atoms with Gasteiger partial charge in [-0.2, -0.15) is 10.5 Å². The fourth-order valence-electron chi connectivity index (χ4n) is 13.1. The predicted molar refractivity (Wildman–Crippen MR) is 301 cm³/mol. The number of nitriles is 2. The molecule has 75 heavy (non-hydrogen) atoms. The summed E-state index contributed by atoms with van der Waals surface area (Å²) in [5.41, 5.74) is 21.1. The molecule has 10 nitrogen and oxygen atoms in total. The lowest BCUT2D eigenvalue weighted by molar-refractivity contribution is 1.07. The monoisotopic (exact) mass is 956 g/mol. The molecule has 0 amide bonds. The van der Waals surface area contributed by atoms with E-state index in [-0.39, 0.29) is 6.71 Å². The van der Waals surface area contributed by atoms with Crippen molar-refractivity contribution in [3.63, 3.8) is 0 Å². The van der Waals surface area contributed by atoms with Crippen LogP contribution in [0.2, 0.25) is 0 Å². The highest BCUT2D eigenvalue weighted by atomic mass is 15.1. The lowest BCUT2D eigenvalue weighted by atomic mass is 9.34. The van der Waals surface area contributed by atoms with Gasteiger partial charge in [0.05, 0.1) is 68.7 Å². The van der Waals surface area contributed by atoms with Gasteiger partial charge in [0, 0.05) is 44.0 Å². The Bertz CT molecular complexity index is 4600. The first-order valence-corrected chi connectivity index (χ1v) is 24.8. The number of para-hydroxylation sites is 4. The van der Waals surface area contributed by atoms with Crippen molar-refractivity contribution in [2.45, 2.75) is 27.7 Å². The van der Waals surface area contributed by atoms with Crippen LogP contribution >= 0.6 is 0 Å². The van der Waals surface area contributed by atoms with Crippen molar-refractivity contribution in [1.29, 1.82) is 10.5 Å². The van der Waals surface area contributed by atoms with Crippen molar-refractivity contribution in [2.24, 2.45) is 0 Å². The normalized spacial score (nSPS) is 12.2. The number of imidazole rings is 2. The van der Waals surface area contributed by atoms with E-state index in [0.717, 1.165) is 138 Å². The first-order valence-electron chi connectivity index (χ1n) is 24.8. The van der Waals surface area contributed by atoms with Crippen molar-refractivity contribution in [1.82, 2.24) is 28.2 Å². The van der Waals surface area contributed by atoms with E-state index in [4.69, 9.17) is 23.1 Å². The van der Waals surface area contributed by atoms with E-state index >= 15 is 0 Å². The van der Waals surface area contributed by atoms with Crippen molar-refractivity contribution in [3.05, 3.63) is 208 Å². The molecular weight excluding hydrogens is 920 g/mol. The topological polar surface area (TPSA) is 102 Å². The number of nitrogens with zero attached hydrogens (tertiary/aromatic N) is 10. The number of fused-ring (bicyclic) bond motifs is 12. The molecule has 2 aliphatic heterocycles. The molecule has 15 rings (SSSR count). The summed E-state index contributed by atoms with van der Waals surface area (Å²) >= 11 is 0. The Morgan fingerprint density at radius 2 is 0.867 bits per heavy atom. The predicted octanol–water partition coefficient (Wildman–Crippen LogP) is 13.1. The highest BCUT2D eigenvalue weighted by Gasteiger charge is 2.44. The van der Waals surface area contributed by atoms with Crippen molar-refractivity contribution in [3.8, 4) is 57.7 Å². The molecule has 0 fully saturated rings. The number of rotatable bonds is 4. The smallest absolute Gasteiger partial charge is 0.252 e. The Hall–Kier alpha value is -10.5. The van der Waals surface area contributed by atoms with Gasteiger partial charge in [-0.1, -0.05) is 115 Å². The third-order valence-electron chi connectivity index (χ3n) is 16.0. The second-order valence-electron chi connectivity index (χ2n) is 19.8. The van der Waals surface area contributed by atoms with Crippen LogP contribution in [0, 0.1) is 63.5 Å². The third-order valence-corrected chi connectivity index (χ3v) is 16.0. The van der Waals surface area contributed by atoms with Crippen LogP contribution in [-0.4, -0.2) is 34.9 Å². The number of aryl methyl sites for hydroxylation is 4. The Kier molecular flexibility index (Phi) is 8.47. The van der Waals surface area contributed by atoms with Crippen LogP contribution in [0.15, 0.2) is 152 Å². The van der Waals surface area contributed by atoms with Crippen molar-refractivity contribution in [2.75, 3.05) is 0 Å². The standard InChI is InChI=1S/C64H37BN10/c1-34-16-11-17-35(2)52(34)63-70-55-58-42(40-22-7-9-26-48(40)72(58)57-38(32-66)20-13-21-39(57)33-67)30-44-60(55)74(63)50-28-15-29-51-54(50)65(44)45-31-43-41-23-8-10-27-49(41)73(62-46(68-5)24-14-25-47(62)69-6)59(43)56-61(45)75(51)64(71-56)53-36(3)18-12-19-37(53)4/h7-31H,1-4H3. The Morgan fingerprint density at radius 1 is 0.453 bits per heavy atom. The zero-order chi connectivity index (χ0) is 50.7. The average Bonchev–Trinajstić information content (AvgIpc) is 4.21. The van der Waals surface area contributed by atoms with E-state index < -0.39 is 0 Å². The molecular formula is C64H37BN10. The molecule has 0 radical (unpaired) electrons. The minimum Gasteiger partial charge on any atom is -0.328 e. The Morgan fingerprint density at radius 3 is 1.32 bits per heavy atom. The van der Waals surface area contributed by atoms with Gasteiger partial charge in [-0.25, -0.2) is 19.7 Å². The third kappa shape index (κ3) is 5.28. The number of benzene rings is 9. The first kappa shape index (κ1) is 42.2. The van der Waals surface area contributed by atoms with E-state index in [2.05, 4.69) is 165 Å². The molecule has 9 aromatic carbocycles. The van der Waals surface area contributed by atoms with Gasteiger partial charge in [-0.15, -0.1) is 0 Å². The van der Waals surface area contributed by atoms with Crippen LogP contribution in [0.3, 0.4) is 0 Å². The molecule has 11 heteroatoms. The summed E-state index contributed by atoms with van der Waals surface area (Å²) in [6, 6.07) is 56.1. The lowest BCUT2D eigenvalue weighted by Gasteiger charge is -2.34. The van der Waals surface area contributed by atoms with Gasteiger partial charge in [0.25, 0.3) is 6.71 Å². The number of hydrogen-bond acceptors (Lipinski definition) is 4. The van der Waals surface area contributed by atoms with E-state index in [9.17, 15) is 10.5 Å². The summed E-state index contributed by atoms with van der Waals surface area (Å²) in [5.74, 6) is 1.61. The maximum absolute atomic E-state index is 10.7. The molecule has 4 aromatic heterocycles. The van der Waals surface area contributed by atoms with E-state index in [1.54, 1.807) is 36.4 Å². The van der Waals surface area contributed by atoms with Crippen LogP contribution in [0.25, 0.3) is 121 Å². The van der Waals surface area contributed by atoms with E-state index in [1.165, 1.54) is 0 Å². The zero-order valence-electron chi connectivity index (χ0n) is 41.0. The summed E-state index contributed by atoms with van der Waals surface area (Å²) in [6.45, 7) is 25.1. The van der Waals surface area contributed by atoms with Gasteiger partial charge in [0.1, 0.15) is 34.8 Å². The maximum Gasteiger partial charge on any atom is 0.252 e. The fourth-order valence-corrected chi connectivity index (χ4v) is 13.1. The second-order valence-corrected chi connectivity index (χ2v) is 19.8. The molecule has 0 bridgehead atoms. The quantitative estimate of drug-likeness (QED) is 0.129. The second kappa shape index (κ2) is 15.0. The highest BCUT2D eigenvalue weighted by Crippen LogP contribution is 2.47. The summed E-state index contributed by atoms with van der Waals surface area (Å²) < 4.78 is 8.96. The Balaban J connectivity index is 1.19. The van der Waals surface area contributed by atoms with Gasteiger partial charge in [0.2, 0.25) is 0 Å². The van der Waals surface area contributed by atoms with Crippen LogP contribution < -0.4 is 16.4 Å². The molecule has 0 atom stereocenters.